The molecule has 0 fully saturated rings. The summed E-state index contributed by atoms with van der Waals surface area (Å²) in [5.41, 5.74) is 5.12. The maximum Gasteiger partial charge on any atom is 0.320 e. The molecular formula is C5H11NO4S. The van der Waals surface area contributed by atoms with Gasteiger partial charge in [-0.05, 0) is 12.8 Å². The third-order valence-corrected chi connectivity index (χ3v) is 1.79. The lowest BCUT2D eigenvalue weighted by molar-refractivity contribution is -0.138. The summed E-state index contributed by atoms with van der Waals surface area (Å²) in [7, 11) is 0. The molecule has 11 heavy (non-hydrogen) atoms. The number of aliphatic carboxylic acids is 1. The second kappa shape index (κ2) is 5.22. The Morgan fingerprint density at radius 1 is 1.64 bits per heavy atom. The van der Waals surface area contributed by atoms with E-state index in [1.165, 1.54) is 0 Å². The highest BCUT2D eigenvalue weighted by molar-refractivity contribution is 7.79. The fourth-order valence-corrected chi connectivity index (χ4v) is 0.964. The van der Waals surface area contributed by atoms with Gasteiger partial charge < -0.3 is 15.4 Å². The molecular weight excluding hydrogens is 170 g/mol. The van der Waals surface area contributed by atoms with Crippen LogP contribution in [0, 0.1) is 0 Å². The molecule has 0 aliphatic carbocycles. The molecule has 66 valence electrons. The standard InChI is InChI=1S/C5H11NO4S/c6-4(5(7)8)2-1-3-11(9)10/h4H,1-3,6H2,(H,7,8)(H,9,10)/t4-/m0/s1. The highest BCUT2D eigenvalue weighted by Gasteiger charge is 2.10. The number of carbonyl (C=O) groups is 1. The Morgan fingerprint density at radius 2 is 2.18 bits per heavy atom. The molecule has 2 atom stereocenters. The van der Waals surface area contributed by atoms with Crippen molar-refractivity contribution in [3.8, 4) is 0 Å². The normalized spacial score (nSPS) is 15.8. The molecule has 0 aliphatic heterocycles. The van der Waals surface area contributed by atoms with E-state index in [1.54, 1.807) is 0 Å². The molecule has 4 N–H and O–H groups in total. The van der Waals surface area contributed by atoms with E-state index in [0.29, 0.717) is 6.42 Å². The lowest BCUT2D eigenvalue weighted by Gasteiger charge is -2.03. The van der Waals surface area contributed by atoms with Crippen molar-refractivity contribution in [2.24, 2.45) is 5.73 Å². The third kappa shape index (κ3) is 5.96. The maximum atomic E-state index is 10.1. The predicted molar refractivity (Wildman–Crippen MR) is 40.5 cm³/mol. The van der Waals surface area contributed by atoms with Crippen LogP contribution >= 0.6 is 0 Å². The Morgan fingerprint density at radius 3 is 2.55 bits per heavy atom. The molecule has 0 bridgehead atoms. The molecule has 6 heteroatoms. The number of hydrogen-bond donors (Lipinski definition) is 3. The van der Waals surface area contributed by atoms with Gasteiger partial charge in [-0.1, -0.05) is 0 Å². The molecule has 0 saturated heterocycles. The zero-order valence-corrected chi connectivity index (χ0v) is 6.71. The van der Waals surface area contributed by atoms with Gasteiger partial charge in [0.25, 0.3) is 0 Å². The van der Waals surface area contributed by atoms with E-state index in [1.807, 2.05) is 0 Å². The highest BCUT2D eigenvalue weighted by atomic mass is 32.2. The van der Waals surface area contributed by atoms with Gasteiger partial charge >= 0.3 is 5.97 Å². The molecule has 0 spiro atoms. The van der Waals surface area contributed by atoms with E-state index < -0.39 is 23.1 Å². The van der Waals surface area contributed by atoms with Gasteiger partial charge in [-0.15, -0.1) is 0 Å². The zero-order valence-electron chi connectivity index (χ0n) is 5.90. The van der Waals surface area contributed by atoms with Crippen molar-refractivity contribution < 1.29 is 18.7 Å². The molecule has 0 aromatic rings. The molecule has 0 rings (SSSR count). The molecule has 0 aliphatic rings. The summed E-state index contributed by atoms with van der Waals surface area (Å²) in [6, 6.07) is -0.918. The lowest BCUT2D eigenvalue weighted by Crippen LogP contribution is -2.30. The van der Waals surface area contributed by atoms with Crippen LogP contribution in [0.4, 0.5) is 0 Å². The summed E-state index contributed by atoms with van der Waals surface area (Å²) < 4.78 is 18.4. The van der Waals surface area contributed by atoms with E-state index >= 15 is 0 Å². The quantitative estimate of drug-likeness (QED) is 0.492. The highest BCUT2D eigenvalue weighted by Crippen LogP contribution is 1.95. The van der Waals surface area contributed by atoms with Crippen molar-refractivity contribution in [1.82, 2.24) is 0 Å². The van der Waals surface area contributed by atoms with Crippen LogP contribution in [0.1, 0.15) is 12.8 Å². The first-order chi connectivity index (χ1) is 5.04. The summed E-state index contributed by atoms with van der Waals surface area (Å²) in [5.74, 6) is -0.991. The van der Waals surface area contributed by atoms with Crippen molar-refractivity contribution in [3.63, 3.8) is 0 Å². The van der Waals surface area contributed by atoms with Crippen LogP contribution in [0.15, 0.2) is 0 Å². The molecule has 1 unspecified atom stereocenters. The molecule has 0 saturated carbocycles. The molecule has 0 aromatic heterocycles. The number of hydrogen-bond acceptors (Lipinski definition) is 3. The van der Waals surface area contributed by atoms with Gasteiger partial charge in [0.05, 0.1) is 0 Å². The van der Waals surface area contributed by atoms with Crippen molar-refractivity contribution in [2.75, 3.05) is 5.75 Å². The Balaban J connectivity index is 3.39. The largest absolute Gasteiger partial charge is 0.480 e. The second-order valence-corrected chi connectivity index (χ2v) is 3.16. The Labute approximate surface area is 66.9 Å². The molecule has 0 heterocycles. The Kier molecular flexibility index (Phi) is 5.01. The van der Waals surface area contributed by atoms with Crippen molar-refractivity contribution in [2.45, 2.75) is 18.9 Å². The number of carboxylic acids is 1. The van der Waals surface area contributed by atoms with Gasteiger partial charge in [0.1, 0.15) is 6.04 Å². The van der Waals surface area contributed by atoms with Crippen LogP contribution in [0.2, 0.25) is 0 Å². The minimum atomic E-state index is -1.84. The summed E-state index contributed by atoms with van der Waals surface area (Å²) in [5, 5.41) is 8.28. The average molecular weight is 181 g/mol. The second-order valence-electron chi connectivity index (χ2n) is 2.11. The molecule has 5 nitrogen and oxygen atoms in total. The first-order valence-electron chi connectivity index (χ1n) is 3.10. The summed E-state index contributed by atoms with van der Waals surface area (Å²) in [6.45, 7) is 0. The minimum absolute atomic E-state index is 0.0843. The topological polar surface area (TPSA) is 101 Å². The van der Waals surface area contributed by atoms with Crippen LogP contribution in [0.3, 0.4) is 0 Å². The fraction of sp³-hybridized carbons (Fsp3) is 0.800. The van der Waals surface area contributed by atoms with E-state index in [2.05, 4.69) is 0 Å². The van der Waals surface area contributed by atoms with Crippen LogP contribution in [0.5, 0.6) is 0 Å². The molecule has 0 amide bonds. The van der Waals surface area contributed by atoms with E-state index in [-0.39, 0.29) is 12.2 Å². The molecule has 0 radical (unpaired) electrons. The van der Waals surface area contributed by atoms with Gasteiger partial charge in [0.15, 0.2) is 11.1 Å². The smallest absolute Gasteiger partial charge is 0.320 e. The van der Waals surface area contributed by atoms with Gasteiger partial charge in [-0.2, -0.15) is 0 Å². The maximum absolute atomic E-state index is 10.1. The monoisotopic (exact) mass is 181 g/mol. The van der Waals surface area contributed by atoms with Crippen LogP contribution in [-0.4, -0.2) is 31.6 Å². The van der Waals surface area contributed by atoms with Gasteiger partial charge in [-0.3, -0.25) is 4.79 Å². The summed E-state index contributed by atoms with van der Waals surface area (Å²) >= 11 is -1.84. The van der Waals surface area contributed by atoms with Crippen LogP contribution < -0.4 is 5.73 Å². The fourth-order valence-electron chi connectivity index (χ4n) is 0.550. The Hall–Kier alpha value is -0.460. The third-order valence-electron chi connectivity index (χ3n) is 1.15. The number of nitrogens with two attached hydrogens (primary N) is 1. The van der Waals surface area contributed by atoms with Crippen LogP contribution in [-0.2, 0) is 15.9 Å². The average Bonchev–Trinajstić information content (AvgIpc) is 1.86. The van der Waals surface area contributed by atoms with Crippen LogP contribution in [0.25, 0.3) is 0 Å². The van der Waals surface area contributed by atoms with Gasteiger partial charge in [-0.25, -0.2) is 4.21 Å². The lowest BCUT2D eigenvalue weighted by atomic mass is 10.2. The number of rotatable bonds is 5. The first kappa shape index (κ1) is 10.5. The van der Waals surface area contributed by atoms with Crippen molar-refractivity contribution in [3.05, 3.63) is 0 Å². The van der Waals surface area contributed by atoms with Crippen molar-refractivity contribution >= 4 is 17.0 Å². The zero-order chi connectivity index (χ0) is 8.85. The number of carboxylic acid groups (broad SMARTS) is 1. The minimum Gasteiger partial charge on any atom is -0.480 e. The van der Waals surface area contributed by atoms with Crippen molar-refractivity contribution in [1.29, 1.82) is 0 Å². The predicted octanol–water partition coefficient (Wildman–Crippen LogP) is -0.600. The molecule has 0 aromatic carbocycles. The summed E-state index contributed by atoms with van der Waals surface area (Å²) in [4.78, 5) is 10.1. The SMILES string of the molecule is N[C@@H](CCCS(=O)O)C(=O)O. The van der Waals surface area contributed by atoms with E-state index in [4.69, 9.17) is 15.4 Å². The summed E-state index contributed by atoms with van der Waals surface area (Å²) in [6.07, 6.45) is 0.595. The van der Waals surface area contributed by atoms with Gasteiger partial charge in [0, 0.05) is 5.75 Å². The first-order valence-corrected chi connectivity index (χ1v) is 4.37. The Bertz CT molecular complexity index is 161. The van der Waals surface area contributed by atoms with E-state index in [0.717, 1.165) is 0 Å². The van der Waals surface area contributed by atoms with E-state index in [9.17, 15) is 9.00 Å². The van der Waals surface area contributed by atoms with Gasteiger partial charge in [0.2, 0.25) is 0 Å².